The molecule has 0 N–H and O–H groups in total. The maximum absolute atomic E-state index is 13.0. The van der Waals surface area contributed by atoms with Gasteiger partial charge in [0.05, 0.1) is 25.3 Å². The second-order valence-corrected chi connectivity index (χ2v) is 9.09. The predicted molar refractivity (Wildman–Crippen MR) is 137 cm³/mol. The summed E-state index contributed by atoms with van der Waals surface area (Å²) >= 11 is 6.11. The van der Waals surface area contributed by atoms with E-state index in [1.807, 2.05) is 60.4 Å². The Labute approximate surface area is 211 Å². The molecule has 7 heteroatoms. The van der Waals surface area contributed by atoms with Gasteiger partial charge in [-0.05, 0) is 80.3 Å². The molecule has 1 saturated heterocycles. The Balaban J connectivity index is 1.50. The Bertz CT molecular complexity index is 1150. The number of benzene rings is 2. The summed E-state index contributed by atoms with van der Waals surface area (Å²) in [6, 6.07) is 19.8. The number of methoxy groups -OCH3 is 1. The Morgan fingerprint density at radius 1 is 0.971 bits per heavy atom. The van der Waals surface area contributed by atoms with Gasteiger partial charge in [-0.15, -0.1) is 0 Å². The van der Waals surface area contributed by atoms with Gasteiger partial charge >= 0.3 is 5.97 Å². The van der Waals surface area contributed by atoms with E-state index in [1.54, 1.807) is 7.11 Å². The molecule has 2 heterocycles. The van der Waals surface area contributed by atoms with Crippen molar-refractivity contribution in [2.45, 2.75) is 32.6 Å². The molecule has 1 aromatic heterocycles. The van der Waals surface area contributed by atoms with Crippen LogP contribution in [0.4, 0.5) is 0 Å². The van der Waals surface area contributed by atoms with Gasteiger partial charge in [0.1, 0.15) is 5.75 Å². The summed E-state index contributed by atoms with van der Waals surface area (Å²) in [4.78, 5) is 26.9. The minimum Gasteiger partial charge on any atom is -0.497 e. The lowest BCUT2D eigenvalue weighted by atomic mass is 9.96. The molecule has 0 aliphatic carbocycles. The van der Waals surface area contributed by atoms with Crippen LogP contribution in [-0.4, -0.2) is 48.1 Å². The number of hydrogen-bond donors (Lipinski definition) is 0. The highest BCUT2D eigenvalue weighted by Crippen LogP contribution is 2.29. The summed E-state index contributed by atoms with van der Waals surface area (Å²) in [5.41, 5.74) is 4.13. The van der Waals surface area contributed by atoms with E-state index in [-0.39, 0.29) is 17.8 Å². The van der Waals surface area contributed by atoms with Crippen LogP contribution in [0.1, 0.15) is 31.9 Å². The monoisotopic (exact) mass is 494 g/mol. The van der Waals surface area contributed by atoms with Crippen LogP contribution >= 0.6 is 11.6 Å². The molecule has 3 aromatic rings. The normalized spacial score (nSPS) is 14.1. The summed E-state index contributed by atoms with van der Waals surface area (Å²) in [6.07, 6.45) is 2.33. The lowest BCUT2D eigenvalue weighted by molar-refractivity contribution is -0.151. The maximum atomic E-state index is 13.0. The zero-order valence-electron chi connectivity index (χ0n) is 20.2. The molecule has 1 aliphatic rings. The average Bonchev–Trinajstić information content (AvgIpc) is 3.32. The first kappa shape index (κ1) is 24.9. The molecule has 184 valence electrons. The number of nitrogens with zero attached hydrogens (tertiary/aromatic N) is 2. The van der Waals surface area contributed by atoms with Crippen molar-refractivity contribution in [1.82, 2.24) is 9.47 Å². The summed E-state index contributed by atoms with van der Waals surface area (Å²) in [6.45, 7) is 3.40. The number of carbonyl (C=O) groups is 2. The van der Waals surface area contributed by atoms with Gasteiger partial charge in [-0.2, -0.15) is 0 Å². The van der Waals surface area contributed by atoms with Crippen LogP contribution < -0.4 is 4.74 Å². The molecule has 0 unspecified atom stereocenters. The van der Waals surface area contributed by atoms with Gasteiger partial charge in [0.25, 0.3) is 0 Å². The minimum atomic E-state index is -0.147. The van der Waals surface area contributed by atoms with Gasteiger partial charge < -0.3 is 18.9 Å². The van der Waals surface area contributed by atoms with Crippen molar-refractivity contribution < 1.29 is 19.1 Å². The van der Waals surface area contributed by atoms with E-state index in [9.17, 15) is 9.59 Å². The summed E-state index contributed by atoms with van der Waals surface area (Å²) in [7, 11) is 1.65. The number of rotatable bonds is 8. The largest absolute Gasteiger partial charge is 0.497 e. The number of carbonyl (C=O) groups excluding carboxylic acids is 2. The number of aromatic nitrogens is 1. The van der Waals surface area contributed by atoms with E-state index >= 15 is 0 Å². The van der Waals surface area contributed by atoms with Crippen molar-refractivity contribution in [2.24, 2.45) is 5.92 Å². The molecule has 0 bridgehead atoms. The summed E-state index contributed by atoms with van der Waals surface area (Å²) in [5, 5.41) is 0.689. The highest BCUT2D eigenvalue weighted by atomic mass is 35.5. The standard InChI is InChI=1S/C28H31ClN2O4/c1-3-35-28(33)21-16-18-30(19-17-21)27(32)15-11-24-10-14-26(20-4-6-22(29)7-5-20)31(24)23-8-12-25(34-2)13-9-23/h4-10,12-14,21H,3,11,15-19H2,1-2H3. The van der Waals surface area contributed by atoms with Crippen molar-refractivity contribution in [3.63, 3.8) is 0 Å². The highest BCUT2D eigenvalue weighted by Gasteiger charge is 2.28. The molecule has 35 heavy (non-hydrogen) atoms. The van der Waals surface area contributed by atoms with Crippen LogP contribution in [-0.2, 0) is 20.7 Å². The highest BCUT2D eigenvalue weighted by molar-refractivity contribution is 6.30. The van der Waals surface area contributed by atoms with E-state index in [0.717, 1.165) is 28.4 Å². The Kier molecular flexibility index (Phi) is 8.13. The zero-order chi connectivity index (χ0) is 24.8. The third-order valence-corrected chi connectivity index (χ3v) is 6.75. The van der Waals surface area contributed by atoms with Crippen LogP contribution in [0.2, 0.25) is 5.02 Å². The number of aryl methyl sites for hydroxylation is 1. The summed E-state index contributed by atoms with van der Waals surface area (Å²) in [5.74, 6) is 0.652. The molecule has 0 radical (unpaired) electrons. The summed E-state index contributed by atoms with van der Waals surface area (Å²) < 4.78 is 12.6. The van der Waals surface area contributed by atoms with Crippen LogP contribution in [0.5, 0.6) is 5.75 Å². The first-order valence-corrected chi connectivity index (χ1v) is 12.4. The van der Waals surface area contributed by atoms with Gasteiger partial charge in [0, 0.05) is 35.9 Å². The third kappa shape index (κ3) is 5.88. The molecular formula is C28H31ClN2O4. The van der Waals surface area contributed by atoms with Crippen molar-refractivity contribution in [1.29, 1.82) is 0 Å². The second kappa shape index (κ2) is 11.5. The fourth-order valence-electron chi connectivity index (χ4n) is 4.57. The fourth-order valence-corrected chi connectivity index (χ4v) is 4.70. The lowest BCUT2D eigenvalue weighted by Gasteiger charge is -2.31. The molecule has 4 rings (SSSR count). The van der Waals surface area contributed by atoms with E-state index < -0.39 is 0 Å². The van der Waals surface area contributed by atoms with Gasteiger partial charge in [-0.1, -0.05) is 23.7 Å². The van der Waals surface area contributed by atoms with Gasteiger partial charge in [0.15, 0.2) is 0 Å². The van der Waals surface area contributed by atoms with E-state index in [4.69, 9.17) is 21.1 Å². The number of piperidine rings is 1. The van der Waals surface area contributed by atoms with E-state index in [1.165, 1.54) is 0 Å². The Hall–Kier alpha value is -3.25. The molecule has 1 amide bonds. The van der Waals surface area contributed by atoms with Crippen molar-refractivity contribution in [2.75, 3.05) is 26.8 Å². The minimum absolute atomic E-state index is 0.103. The smallest absolute Gasteiger partial charge is 0.309 e. The molecule has 0 atom stereocenters. The Morgan fingerprint density at radius 3 is 2.29 bits per heavy atom. The van der Waals surface area contributed by atoms with Gasteiger partial charge in [0.2, 0.25) is 5.91 Å². The quantitative estimate of drug-likeness (QED) is 0.386. The number of hydrogen-bond acceptors (Lipinski definition) is 4. The fraction of sp³-hybridized carbons (Fsp3) is 0.357. The zero-order valence-corrected chi connectivity index (χ0v) is 21.0. The number of halogens is 1. The van der Waals surface area contributed by atoms with Gasteiger partial charge in [-0.3, -0.25) is 9.59 Å². The maximum Gasteiger partial charge on any atom is 0.309 e. The van der Waals surface area contributed by atoms with Crippen molar-refractivity contribution in [3.8, 4) is 22.7 Å². The number of amides is 1. The molecular weight excluding hydrogens is 464 g/mol. The van der Waals surface area contributed by atoms with E-state index in [2.05, 4.69) is 16.7 Å². The average molecular weight is 495 g/mol. The first-order chi connectivity index (χ1) is 17.0. The third-order valence-electron chi connectivity index (χ3n) is 6.49. The molecule has 1 fully saturated rings. The van der Waals surface area contributed by atoms with E-state index in [0.29, 0.717) is 50.4 Å². The van der Waals surface area contributed by atoms with Crippen LogP contribution in [0.3, 0.4) is 0 Å². The van der Waals surface area contributed by atoms with Crippen molar-refractivity contribution in [3.05, 3.63) is 71.4 Å². The number of likely N-dealkylation sites (tertiary alicyclic amines) is 1. The van der Waals surface area contributed by atoms with Crippen LogP contribution in [0, 0.1) is 5.92 Å². The number of ether oxygens (including phenoxy) is 2. The van der Waals surface area contributed by atoms with Crippen molar-refractivity contribution >= 4 is 23.5 Å². The molecule has 6 nitrogen and oxygen atoms in total. The van der Waals surface area contributed by atoms with Gasteiger partial charge in [-0.25, -0.2) is 0 Å². The molecule has 0 spiro atoms. The lowest BCUT2D eigenvalue weighted by Crippen LogP contribution is -2.40. The predicted octanol–water partition coefficient (Wildman–Crippen LogP) is 5.54. The van der Waals surface area contributed by atoms with Crippen LogP contribution in [0.25, 0.3) is 16.9 Å². The first-order valence-electron chi connectivity index (χ1n) is 12.1. The SMILES string of the molecule is CCOC(=O)C1CCN(C(=O)CCc2ccc(-c3ccc(Cl)cc3)n2-c2ccc(OC)cc2)CC1. The molecule has 1 aliphatic heterocycles. The molecule has 0 saturated carbocycles. The Morgan fingerprint density at radius 2 is 1.66 bits per heavy atom. The van der Waals surface area contributed by atoms with Crippen LogP contribution in [0.15, 0.2) is 60.7 Å². The second-order valence-electron chi connectivity index (χ2n) is 8.66. The molecule has 2 aromatic carbocycles. The topological polar surface area (TPSA) is 60.8 Å². The number of esters is 1.